The Kier molecular flexibility index (Phi) is 10.5. The smallest absolute Gasteiger partial charge is 0.0843 e. The molecule has 0 aliphatic rings. The Morgan fingerprint density at radius 3 is 2.43 bits per heavy atom. The van der Waals surface area contributed by atoms with E-state index in [9.17, 15) is 0 Å². The third-order valence-corrected chi connectivity index (χ3v) is 2.32. The van der Waals surface area contributed by atoms with Crippen molar-refractivity contribution in [3.63, 3.8) is 0 Å². The Bertz CT molecular complexity index is 134. The van der Waals surface area contributed by atoms with Gasteiger partial charge in [0.05, 0.1) is 6.10 Å². The molecule has 2 heteroatoms. The van der Waals surface area contributed by atoms with E-state index < -0.39 is 6.10 Å². The van der Waals surface area contributed by atoms with Gasteiger partial charge in [-0.15, -0.1) is 0 Å². The molecule has 14 heavy (non-hydrogen) atoms. The van der Waals surface area contributed by atoms with Gasteiger partial charge >= 0.3 is 0 Å². The lowest BCUT2D eigenvalue weighted by Crippen LogP contribution is -2.16. The summed E-state index contributed by atoms with van der Waals surface area (Å²) in [7, 11) is 0. The normalized spacial score (nSPS) is 13.6. The first kappa shape index (κ1) is 13.7. The van der Waals surface area contributed by atoms with Crippen molar-refractivity contribution in [3.05, 3.63) is 12.2 Å². The van der Waals surface area contributed by atoms with E-state index in [0.29, 0.717) is 6.54 Å². The standard InChI is InChI=1S/C12H25NO/c1-2-3-4-5-6-7-8-9-10-12(14)11-13/h9-10,12,14H,2-8,11,13H2,1H3/b10-9+. The summed E-state index contributed by atoms with van der Waals surface area (Å²) in [6.07, 6.45) is 12.4. The van der Waals surface area contributed by atoms with E-state index in [4.69, 9.17) is 10.8 Å². The lowest BCUT2D eigenvalue weighted by atomic mass is 10.1. The van der Waals surface area contributed by atoms with E-state index in [2.05, 4.69) is 6.92 Å². The number of nitrogens with two attached hydrogens (primary N) is 1. The van der Waals surface area contributed by atoms with Crippen molar-refractivity contribution in [3.8, 4) is 0 Å². The van der Waals surface area contributed by atoms with E-state index >= 15 is 0 Å². The Labute approximate surface area is 88.2 Å². The molecule has 0 saturated carbocycles. The van der Waals surface area contributed by atoms with Gasteiger partial charge in [-0.1, -0.05) is 51.2 Å². The molecular formula is C12H25NO. The summed E-state index contributed by atoms with van der Waals surface area (Å²) in [6.45, 7) is 2.56. The van der Waals surface area contributed by atoms with E-state index in [1.54, 1.807) is 6.08 Å². The summed E-state index contributed by atoms with van der Waals surface area (Å²) in [5.74, 6) is 0. The topological polar surface area (TPSA) is 46.2 Å². The van der Waals surface area contributed by atoms with Crippen LogP contribution < -0.4 is 5.73 Å². The quantitative estimate of drug-likeness (QED) is 0.443. The minimum atomic E-state index is -0.449. The summed E-state index contributed by atoms with van der Waals surface area (Å²) >= 11 is 0. The average Bonchev–Trinajstić information content (AvgIpc) is 2.21. The summed E-state index contributed by atoms with van der Waals surface area (Å²) in [4.78, 5) is 0. The molecule has 2 nitrogen and oxygen atoms in total. The monoisotopic (exact) mass is 199 g/mol. The second-order valence-electron chi connectivity index (χ2n) is 3.79. The molecule has 0 aliphatic carbocycles. The van der Waals surface area contributed by atoms with Crippen LogP contribution in [0.4, 0.5) is 0 Å². The third-order valence-electron chi connectivity index (χ3n) is 2.32. The predicted molar refractivity (Wildman–Crippen MR) is 62.2 cm³/mol. The predicted octanol–water partition coefficient (Wildman–Crippen LogP) is 2.61. The molecule has 3 N–H and O–H groups in total. The summed E-state index contributed by atoms with van der Waals surface area (Å²) in [5, 5.41) is 9.12. The highest BCUT2D eigenvalue weighted by Gasteiger charge is 1.92. The number of allylic oxidation sites excluding steroid dienone is 1. The van der Waals surface area contributed by atoms with Crippen LogP contribution in [0, 0.1) is 0 Å². The zero-order valence-electron chi connectivity index (χ0n) is 9.41. The second-order valence-corrected chi connectivity index (χ2v) is 3.79. The van der Waals surface area contributed by atoms with E-state index in [1.165, 1.54) is 38.5 Å². The molecule has 1 unspecified atom stereocenters. The van der Waals surface area contributed by atoms with Crippen LogP contribution in [-0.2, 0) is 0 Å². The first-order valence-electron chi connectivity index (χ1n) is 5.86. The van der Waals surface area contributed by atoms with Gasteiger partial charge in [-0.05, 0) is 12.8 Å². The number of aliphatic hydroxyl groups is 1. The van der Waals surface area contributed by atoms with Crippen LogP contribution in [0.1, 0.15) is 51.9 Å². The van der Waals surface area contributed by atoms with Gasteiger partial charge < -0.3 is 10.8 Å². The Hall–Kier alpha value is -0.340. The molecule has 0 heterocycles. The van der Waals surface area contributed by atoms with Gasteiger partial charge in [0.2, 0.25) is 0 Å². The van der Waals surface area contributed by atoms with Gasteiger partial charge in [0.15, 0.2) is 0 Å². The molecule has 0 fully saturated rings. The van der Waals surface area contributed by atoms with Crippen LogP contribution in [0.5, 0.6) is 0 Å². The van der Waals surface area contributed by atoms with Gasteiger partial charge in [0.1, 0.15) is 0 Å². The maximum Gasteiger partial charge on any atom is 0.0843 e. The van der Waals surface area contributed by atoms with Crippen molar-refractivity contribution in [2.75, 3.05) is 6.54 Å². The molecule has 0 spiro atoms. The highest BCUT2D eigenvalue weighted by molar-refractivity contribution is 4.88. The lowest BCUT2D eigenvalue weighted by molar-refractivity contribution is 0.231. The third kappa shape index (κ3) is 9.75. The van der Waals surface area contributed by atoms with E-state index in [1.807, 2.05) is 6.08 Å². The van der Waals surface area contributed by atoms with Crippen LogP contribution in [-0.4, -0.2) is 17.8 Å². The molecule has 0 rings (SSSR count). The highest BCUT2D eigenvalue weighted by Crippen LogP contribution is 2.07. The fraction of sp³-hybridized carbons (Fsp3) is 0.833. The van der Waals surface area contributed by atoms with Crippen molar-refractivity contribution >= 4 is 0 Å². The van der Waals surface area contributed by atoms with Gasteiger partial charge in [0.25, 0.3) is 0 Å². The second kappa shape index (κ2) is 10.7. The Balaban J connectivity index is 3.09. The van der Waals surface area contributed by atoms with Crippen LogP contribution in [0.15, 0.2) is 12.2 Å². The molecule has 0 bridgehead atoms. The van der Waals surface area contributed by atoms with Crippen LogP contribution in [0.25, 0.3) is 0 Å². The van der Waals surface area contributed by atoms with E-state index in [-0.39, 0.29) is 0 Å². The Morgan fingerprint density at radius 2 is 1.79 bits per heavy atom. The number of rotatable bonds is 9. The van der Waals surface area contributed by atoms with Crippen molar-refractivity contribution in [2.45, 2.75) is 58.0 Å². The zero-order valence-corrected chi connectivity index (χ0v) is 9.41. The van der Waals surface area contributed by atoms with Crippen LogP contribution >= 0.6 is 0 Å². The van der Waals surface area contributed by atoms with Crippen molar-refractivity contribution in [1.29, 1.82) is 0 Å². The SMILES string of the molecule is CCCCCCCC/C=C/C(O)CN. The maximum absolute atomic E-state index is 9.12. The van der Waals surface area contributed by atoms with Gasteiger partial charge in [-0.3, -0.25) is 0 Å². The molecule has 0 aromatic rings. The molecule has 0 aliphatic heterocycles. The molecular weight excluding hydrogens is 174 g/mol. The molecule has 0 radical (unpaired) electrons. The summed E-state index contributed by atoms with van der Waals surface area (Å²) < 4.78 is 0. The molecule has 0 saturated heterocycles. The number of hydrogen-bond donors (Lipinski definition) is 2. The minimum absolute atomic E-state index is 0.326. The number of hydrogen-bond acceptors (Lipinski definition) is 2. The lowest BCUT2D eigenvalue weighted by Gasteiger charge is -2.00. The largest absolute Gasteiger partial charge is 0.388 e. The van der Waals surface area contributed by atoms with Crippen molar-refractivity contribution in [2.24, 2.45) is 5.73 Å². The van der Waals surface area contributed by atoms with Gasteiger partial charge in [0, 0.05) is 6.54 Å². The average molecular weight is 199 g/mol. The van der Waals surface area contributed by atoms with Gasteiger partial charge in [-0.25, -0.2) is 0 Å². The van der Waals surface area contributed by atoms with Gasteiger partial charge in [-0.2, -0.15) is 0 Å². The van der Waals surface area contributed by atoms with Crippen LogP contribution in [0.2, 0.25) is 0 Å². The number of unbranched alkanes of at least 4 members (excludes halogenated alkanes) is 6. The number of aliphatic hydroxyl groups excluding tert-OH is 1. The fourth-order valence-corrected chi connectivity index (χ4v) is 1.37. The fourth-order valence-electron chi connectivity index (χ4n) is 1.37. The van der Waals surface area contributed by atoms with Crippen molar-refractivity contribution < 1.29 is 5.11 Å². The molecule has 1 atom stereocenters. The molecule has 0 amide bonds. The molecule has 0 aromatic carbocycles. The minimum Gasteiger partial charge on any atom is -0.388 e. The van der Waals surface area contributed by atoms with Crippen molar-refractivity contribution in [1.82, 2.24) is 0 Å². The first-order chi connectivity index (χ1) is 6.81. The summed E-state index contributed by atoms with van der Waals surface area (Å²) in [6, 6.07) is 0. The van der Waals surface area contributed by atoms with E-state index in [0.717, 1.165) is 6.42 Å². The zero-order chi connectivity index (χ0) is 10.6. The van der Waals surface area contributed by atoms with Crippen LogP contribution in [0.3, 0.4) is 0 Å². The maximum atomic E-state index is 9.12. The Morgan fingerprint density at radius 1 is 1.14 bits per heavy atom. The first-order valence-corrected chi connectivity index (χ1v) is 5.86. The summed E-state index contributed by atoms with van der Waals surface area (Å²) in [5.41, 5.74) is 5.27. The molecule has 84 valence electrons. The highest BCUT2D eigenvalue weighted by atomic mass is 16.3. The molecule has 0 aromatic heterocycles.